The highest BCUT2D eigenvalue weighted by molar-refractivity contribution is 6.35. The minimum absolute atomic E-state index is 0.0316. The highest BCUT2D eigenvalue weighted by atomic mass is 35.5. The number of alkyl halides is 3. The smallest absolute Gasteiger partial charge is 0.233 e. The standard InChI is InChI=1S/C11H8ClF3N2/c1-2-6-5-8(12)7-3-4-9(11(13,14)15)17-10(7)16-6/h3-5H,2H2,1H3. The first-order valence-electron chi connectivity index (χ1n) is 4.95. The molecule has 0 aromatic carbocycles. The summed E-state index contributed by atoms with van der Waals surface area (Å²) < 4.78 is 37.4. The zero-order valence-corrected chi connectivity index (χ0v) is 9.60. The van der Waals surface area contributed by atoms with Crippen LogP contribution < -0.4 is 0 Å². The van der Waals surface area contributed by atoms with Gasteiger partial charge in [0, 0.05) is 11.1 Å². The van der Waals surface area contributed by atoms with Crippen molar-refractivity contribution in [2.24, 2.45) is 0 Å². The van der Waals surface area contributed by atoms with Crippen LogP contribution in [0.2, 0.25) is 5.02 Å². The molecule has 0 spiro atoms. The predicted octanol–water partition coefficient (Wildman–Crippen LogP) is 3.86. The van der Waals surface area contributed by atoms with E-state index in [1.54, 1.807) is 6.07 Å². The van der Waals surface area contributed by atoms with Gasteiger partial charge in [0.1, 0.15) is 5.69 Å². The molecule has 2 aromatic rings. The third-order valence-electron chi connectivity index (χ3n) is 2.33. The van der Waals surface area contributed by atoms with E-state index < -0.39 is 11.9 Å². The summed E-state index contributed by atoms with van der Waals surface area (Å²) in [4.78, 5) is 7.53. The van der Waals surface area contributed by atoms with Crippen LogP contribution in [0, 0.1) is 0 Å². The lowest BCUT2D eigenvalue weighted by Gasteiger charge is -2.07. The molecule has 0 N–H and O–H groups in total. The topological polar surface area (TPSA) is 25.8 Å². The van der Waals surface area contributed by atoms with Crippen LogP contribution in [0.15, 0.2) is 18.2 Å². The third-order valence-corrected chi connectivity index (χ3v) is 2.64. The first-order valence-corrected chi connectivity index (χ1v) is 5.33. The molecule has 17 heavy (non-hydrogen) atoms. The number of aryl methyl sites for hydroxylation is 1. The molecule has 0 aliphatic carbocycles. The normalized spacial score (nSPS) is 12.1. The van der Waals surface area contributed by atoms with Crippen LogP contribution in [-0.2, 0) is 12.6 Å². The van der Waals surface area contributed by atoms with Crippen molar-refractivity contribution in [1.82, 2.24) is 9.97 Å². The van der Waals surface area contributed by atoms with E-state index in [9.17, 15) is 13.2 Å². The van der Waals surface area contributed by atoms with Gasteiger partial charge in [-0.1, -0.05) is 18.5 Å². The Labute approximate surface area is 100 Å². The Kier molecular flexibility index (Phi) is 2.95. The van der Waals surface area contributed by atoms with Crippen LogP contribution >= 0.6 is 11.6 Å². The zero-order valence-electron chi connectivity index (χ0n) is 8.85. The van der Waals surface area contributed by atoms with Crippen molar-refractivity contribution in [3.8, 4) is 0 Å². The van der Waals surface area contributed by atoms with Crippen molar-refractivity contribution in [2.75, 3.05) is 0 Å². The van der Waals surface area contributed by atoms with Crippen molar-refractivity contribution >= 4 is 22.6 Å². The molecule has 0 unspecified atom stereocenters. The number of fused-ring (bicyclic) bond motifs is 1. The third kappa shape index (κ3) is 2.34. The highest BCUT2D eigenvalue weighted by Gasteiger charge is 2.32. The Bertz CT molecular complexity index is 566. The number of pyridine rings is 2. The zero-order chi connectivity index (χ0) is 12.6. The summed E-state index contributed by atoms with van der Waals surface area (Å²) in [6.07, 6.45) is -3.88. The highest BCUT2D eigenvalue weighted by Crippen LogP contribution is 2.30. The molecule has 2 rings (SSSR count). The molecule has 2 aromatic heterocycles. The Morgan fingerprint density at radius 1 is 1.24 bits per heavy atom. The van der Waals surface area contributed by atoms with Gasteiger partial charge in [0.2, 0.25) is 0 Å². The molecule has 2 heterocycles. The number of halogens is 4. The Morgan fingerprint density at radius 3 is 2.53 bits per heavy atom. The number of hydrogen-bond donors (Lipinski definition) is 0. The fraction of sp³-hybridized carbons (Fsp3) is 0.273. The number of rotatable bonds is 1. The van der Waals surface area contributed by atoms with Crippen molar-refractivity contribution in [2.45, 2.75) is 19.5 Å². The molecule has 6 heteroatoms. The van der Waals surface area contributed by atoms with Crippen molar-refractivity contribution < 1.29 is 13.2 Å². The molecular formula is C11H8ClF3N2. The van der Waals surface area contributed by atoms with E-state index in [2.05, 4.69) is 9.97 Å². The molecule has 0 atom stereocenters. The van der Waals surface area contributed by atoms with Gasteiger partial charge in [-0.2, -0.15) is 13.2 Å². The maximum absolute atomic E-state index is 12.5. The molecule has 0 amide bonds. The summed E-state index contributed by atoms with van der Waals surface area (Å²) in [5.41, 5.74) is -0.305. The molecule has 2 nitrogen and oxygen atoms in total. The summed E-state index contributed by atoms with van der Waals surface area (Å²) in [5.74, 6) is 0. The van der Waals surface area contributed by atoms with Crippen LogP contribution in [0.3, 0.4) is 0 Å². The molecule has 0 saturated carbocycles. The van der Waals surface area contributed by atoms with E-state index in [1.165, 1.54) is 6.07 Å². The van der Waals surface area contributed by atoms with Gasteiger partial charge in [-0.15, -0.1) is 0 Å². The Hall–Kier alpha value is -1.36. The molecule has 0 saturated heterocycles. The average Bonchev–Trinajstić information content (AvgIpc) is 2.27. The van der Waals surface area contributed by atoms with E-state index in [4.69, 9.17) is 11.6 Å². The maximum atomic E-state index is 12.5. The minimum Gasteiger partial charge on any atom is -0.233 e. The van der Waals surface area contributed by atoms with Gasteiger partial charge in [0.15, 0.2) is 5.65 Å². The summed E-state index contributed by atoms with van der Waals surface area (Å²) in [7, 11) is 0. The fourth-order valence-corrected chi connectivity index (χ4v) is 1.72. The Balaban J connectivity index is 2.68. The van der Waals surface area contributed by atoms with E-state index in [0.717, 1.165) is 6.07 Å². The largest absolute Gasteiger partial charge is 0.433 e. The lowest BCUT2D eigenvalue weighted by molar-refractivity contribution is -0.141. The maximum Gasteiger partial charge on any atom is 0.433 e. The second-order valence-electron chi connectivity index (χ2n) is 3.51. The van der Waals surface area contributed by atoms with Crippen LogP contribution in [0.25, 0.3) is 11.0 Å². The van der Waals surface area contributed by atoms with Gasteiger partial charge < -0.3 is 0 Å². The van der Waals surface area contributed by atoms with Gasteiger partial charge in [-0.3, -0.25) is 0 Å². The summed E-state index contributed by atoms with van der Waals surface area (Å²) in [6, 6.07) is 3.83. The van der Waals surface area contributed by atoms with Crippen LogP contribution in [0.5, 0.6) is 0 Å². The molecule has 0 fully saturated rings. The number of hydrogen-bond acceptors (Lipinski definition) is 2. The quantitative estimate of drug-likeness (QED) is 0.778. The summed E-state index contributed by atoms with van der Waals surface area (Å²) >= 11 is 5.95. The molecule has 0 aliphatic rings. The summed E-state index contributed by atoms with van der Waals surface area (Å²) in [5, 5.41) is 0.796. The van der Waals surface area contributed by atoms with Crippen molar-refractivity contribution in [3.63, 3.8) is 0 Å². The van der Waals surface area contributed by atoms with Crippen LogP contribution in [-0.4, -0.2) is 9.97 Å². The van der Waals surface area contributed by atoms with Gasteiger partial charge in [0.25, 0.3) is 0 Å². The van der Waals surface area contributed by atoms with Gasteiger partial charge in [0.05, 0.1) is 5.02 Å². The van der Waals surface area contributed by atoms with Gasteiger partial charge in [-0.25, -0.2) is 9.97 Å². The molecule has 0 aliphatic heterocycles. The average molecular weight is 261 g/mol. The summed E-state index contributed by atoms with van der Waals surface area (Å²) in [6.45, 7) is 1.85. The van der Waals surface area contributed by atoms with E-state index in [1.807, 2.05) is 6.92 Å². The molecule has 0 radical (unpaired) electrons. The lowest BCUT2D eigenvalue weighted by Crippen LogP contribution is -2.08. The first-order chi connectivity index (χ1) is 7.91. The van der Waals surface area contributed by atoms with Crippen LogP contribution in [0.4, 0.5) is 13.2 Å². The lowest BCUT2D eigenvalue weighted by atomic mass is 10.2. The van der Waals surface area contributed by atoms with Crippen LogP contribution in [0.1, 0.15) is 18.3 Å². The van der Waals surface area contributed by atoms with Gasteiger partial charge >= 0.3 is 6.18 Å². The molecular weight excluding hydrogens is 253 g/mol. The number of nitrogens with zero attached hydrogens (tertiary/aromatic N) is 2. The minimum atomic E-state index is -4.47. The second kappa shape index (κ2) is 4.14. The predicted molar refractivity (Wildman–Crippen MR) is 58.9 cm³/mol. The SMILES string of the molecule is CCc1cc(Cl)c2ccc(C(F)(F)F)nc2n1. The number of aromatic nitrogens is 2. The molecule has 90 valence electrons. The Morgan fingerprint density at radius 2 is 1.94 bits per heavy atom. The monoisotopic (exact) mass is 260 g/mol. The van der Waals surface area contributed by atoms with Gasteiger partial charge in [-0.05, 0) is 24.6 Å². The van der Waals surface area contributed by atoms with E-state index in [-0.39, 0.29) is 5.65 Å². The molecule has 0 bridgehead atoms. The second-order valence-corrected chi connectivity index (χ2v) is 3.92. The van der Waals surface area contributed by atoms with Crippen molar-refractivity contribution in [3.05, 3.63) is 34.6 Å². The van der Waals surface area contributed by atoms with Crippen molar-refractivity contribution in [1.29, 1.82) is 0 Å². The fourth-order valence-electron chi connectivity index (χ4n) is 1.45. The first kappa shape index (κ1) is 12.1. The van der Waals surface area contributed by atoms with E-state index in [0.29, 0.717) is 22.5 Å². The van der Waals surface area contributed by atoms with E-state index >= 15 is 0 Å².